The summed E-state index contributed by atoms with van der Waals surface area (Å²) in [5.41, 5.74) is 9.37. The zero-order valence-electron chi connectivity index (χ0n) is 19.0. The van der Waals surface area contributed by atoms with Gasteiger partial charge >= 0.3 is 12.1 Å². The van der Waals surface area contributed by atoms with Gasteiger partial charge in [0.25, 0.3) is 0 Å². The number of nitrogens with zero attached hydrogens (tertiary/aromatic N) is 4. The van der Waals surface area contributed by atoms with Crippen molar-refractivity contribution in [1.29, 1.82) is 0 Å². The molecule has 13 heteroatoms. The second kappa shape index (κ2) is 10.2. The van der Waals surface area contributed by atoms with Crippen molar-refractivity contribution >= 4 is 35.7 Å². The minimum Gasteiger partial charge on any atom is -0.435 e. The molecule has 12 nitrogen and oxygen atoms in total. The van der Waals surface area contributed by atoms with Crippen LogP contribution in [0.5, 0.6) is 0 Å². The van der Waals surface area contributed by atoms with Crippen molar-refractivity contribution in [3.63, 3.8) is 0 Å². The monoisotopic (exact) mass is 491 g/mol. The van der Waals surface area contributed by atoms with E-state index in [1.165, 1.54) is 23.6 Å². The number of azide groups is 1. The molecule has 1 unspecified atom stereocenters. The Balaban J connectivity index is 1.68. The number of carbonyl (C=O) groups excluding carboxylic acids is 4. The van der Waals surface area contributed by atoms with Crippen molar-refractivity contribution in [1.82, 2.24) is 10.2 Å². The molecule has 2 fully saturated rings. The number of hydrogen-bond donors (Lipinski definition) is 1. The van der Waals surface area contributed by atoms with Crippen molar-refractivity contribution in [3.05, 3.63) is 46.3 Å². The summed E-state index contributed by atoms with van der Waals surface area (Å²) in [6, 6.07) is 5.46. The molecule has 182 valence electrons. The van der Waals surface area contributed by atoms with E-state index >= 15 is 0 Å². The number of benzene rings is 1. The number of fused-ring (bicyclic) bond motifs is 1. The normalized spacial score (nSPS) is 23.9. The fraction of sp³-hybridized carbons (Fsp3) is 0.524. The van der Waals surface area contributed by atoms with E-state index in [2.05, 4.69) is 20.1 Å². The number of rotatable bonds is 8. The van der Waals surface area contributed by atoms with Gasteiger partial charge in [0.2, 0.25) is 18.1 Å². The van der Waals surface area contributed by atoms with Gasteiger partial charge in [-0.3, -0.25) is 9.59 Å². The molecule has 1 aromatic rings. The van der Waals surface area contributed by atoms with Gasteiger partial charge in [-0.1, -0.05) is 35.4 Å². The zero-order chi connectivity index (χ0) is 25.0. The average molecular weight is 492 g/mol. The van der Waals surface area contributed by atoms with E-state index in [9.17, 15) is 19.2 Å². The Morgan fingerprint density at radius 3 is 2.56 bits per heavy atom. The molecule has 3 rings (SSSR count). The molecule has 1 N–H and O–H groups in total. The molecule has 2 aliphatic rings. The van der Waals surface area contributed by atoms with Gasteiger partial charge in [0.1, 0.15) is 23.5 Å². The quantitative estimate of drug-likeness (QED) is 0.145. The van der Waals surface area contributed by atoms with Gasteiger partial charge < -0.3 is 24.4 Å². The van der Waals surface area contributed by atoms with Crippen LogP contribution in [0.15, 0.2) is 35.4 Å². The number of amides is 2. The molecule has 1 aromatic carbocycles. The van der Waals surface area contributed by atoms with E-state index < -0.39 is 58.5 Å². The average Bonchev–Trinajstić information content (AvgIpc) is 3.04. The Kier molecular flexibility index (Phi) is 7.57. The van der Waals surface area contributed by atoms with Gasteiger partial charge in [0, 0.05) is 16.6 Å². The van der Waals surface area contributed by atoms with Crippen LogP contribution in [-0.2, 0) is 28.6 Å². The molecule has 2 heterocycles. The van der Waals surface area contributed by atoms with Crippen LogP contribution >= 0.6 is 11.8 Å². The summed E-state index contributed by atoms with van der Waals surface area (Å²) < 4.78 is 14.0. The van der Waals surface area contributed by atoms with Crippen LogP contribution < -0.4 is 5.32 Å². The lowest BCUT2D eigenvalue weighted by molar-refractivity contribution is -0.180. The predicted octanol–water partition coefficient (Wildman–Crippen LogP) is 2.65. The summed E-state index contributed by atoms with van der Waals surface area (Å²) in [7, 11) is 0. The maximum absolute atomic E-state index is 12.9. The lowest BCUT2D eigenvalue weighted by Gasteiger charge is -2.44. The van der Waals surface area contributed by atoms with Crippen LogP contribution in [0, 0.1) is 0 Å². The third-order valence-electron chi connectivity index (χ3n) is 5.30. The highest BCUT2D eigenvalue weighted by atomic mass is 32.2. The molecule has 5 atom stereocenters. The summed E-state index contributed by atoms with van der Waals surface area (Å²) in [4.78, 5) is 54.2. The molecule has 0 bridgehead atoms. The molecule has 0 aromatic heterocycles. The Bertz CT molecular complexity index is 1010. The highest BCUT2D eigenvalue weighted by Crippen LogP contribution is 2.51. The van der Waals surface area contributed by atoms with Crippen LogP contribution in [0.3, 0.4) is 0 Å². The van der Waals surface area contributed by atoms with Gasteiger partial charge in [-0.05, 0) is 31.9 Å². The number of nitrogens with one attached hydrogen (secondary N) is 1. The van der Waals surface area contributed by atoms with Crippen molar-refractivity contribution in [2.45, 2.75) is 62.2 Å². The molecule has 0 radical (unpaired) electrons. The molecule has 2 aliphatic heterocycles. The number of ether oxygens (including phenoxy) is 3. The third kappa shape index (κ3) is 5.05. The van der Waals surface area contributed by atoms with Crippen molar-refractivity contribution in [2.24, 2.45) is 5.11 Å². The molecule has 34 heavy (non-hydrogen) atoms. The molecule has 0 spiro atoms. The first-order chi connectivity index (χ1) is 16.1. The number of carbonyl (C=O) groups is 4. The van der Waals surface area contributed by atoms with Gasteiger partial charge in [0.15, 0.2) is 0 Å². The second-order valence-corrected chi connectivity index (χ2v) is 9.84. The third-order valence-corrected chi connectivity index (χ3v) is 6.87. The molecular formula is C21H25N5O7S. The van der Waals surface area contributed by atoms with Crippen LogP contribution in [0.25, 0.3) is 10.4 Å². The van der Waals surface area contributed by atoms with Crippen molar-refractivity contribution in [3.8, 4) is 0 Å². The first-order valence-electron chi connectivity index (χ1n) is 10.5. The maximum Gasteiger partial charge on any atom is 0.511 e. The molecule has 2 amide bonds. The van der Waals surface area contributed by atoms with Crippen molar-refractivity contribution < 1.29 is 33.4 Å². The Labute approximate surface area is 199 Å². The summed E-state index contributed by atoms with van der Waals surface area (Å²) >= 11 is 1.33. The fourth-order valence-electron chi connectivity index (χ4n) is 3.86. The molecule has 0 aliphatic carbocycles. The minimum atomic E-state index is -1.21. The molecule has 0 saturated carbocycles. The van der Waals surface area contributed by atoms with Crippen LogP contribution in [-0.4, -0.2) is 63.9 Å². The summed E-state index contributed by atoms with van der Waals surface area (Å²) in [6.07, 6.45) is -2.19. The SMILES string of the molecule is CCOC(=O)OC(C)OC(=O)[C@@H]1N2C(=O)[C@@H](NC(=O)[C@H](N=[N+]=[N-])c3ccccc3)[C@H]2SC1(C)C. The first kappa shape index (κ1) is 25.2. The lowest BCUT2D eigenvalue weighted by atomic mass is 9.95. The number of β-lactam (4-membered cyclic amide) rings is 1. The van der Waals surface area contributed by atoms with E-state index in [1.807, 2.05) is 0 Å². The lowest BCUT2D eigenvalue weighted by Crippen LogP contribution is -2.71. The number of esters is 1. The standard InChI is InChI=1S/C21H25N5O7S/c1-5-31-20(30)33-11(2)32-19(29)15-21(3,4)34-18-14(17(28)26(15)18)23-16(27)13(24-25-22)12-9-7-6-8-10-12/h6-11,13-15,18H,5H2,1-4H3,(H,23,27)/t11?,13-,14-,15+,18-/m1/s1. The summed E-state index contributed by atoms with van der Waals surface area (Å²) in [5, 5.41) is 5.69. The largest absolute Gasteiger partial charge is 0.511 e. The predicted molar refractivity (Wildman–Crippen MR) is 120 cm³/mol. The van der Waals surface area contributed by atoms with Gasteiger partial charge in [-0.15, -0.1) is 11.8 Å². The van der Waals surface area contributed by atoms with Gasteiger partial charge in [0.05, 0.1) is 6.61 Å². The number of hydrogen-bond acceptors (Lipinski definition) is 9. The number of thioether (sulfide) groups is 1. The highest BCUT2D eigenvalue weighted by molar-refractivity contribution is 8.01. The molecule has 2 saturated heterocycles. The minimum absolute atomic E-state index is 0.105. The van der Waals surface area contributed by atoms with Crippen molar-refractivity contribution in [2.75, 3.05) is 6.61 Å². The molecular weight excluding hydrogens is 466 g/mol. The van der Waals surface area contributed by atoms with E-state index in [1.54, 1.807) is 51.1 Å². The Morgan fingerprint density at radius 2 is 1.94 bits per heavy atom. The van der Waals surface area contributed by atoms with Crippen LogP contribution in [0.1, 0.15) is 39.3 Å². The van der Waals surface area contributed by atoms with Gasteiger partial charge in [-0.25, -0.2) is 9.59 Å². The Morgan fingerprint density at radius 1 is 1.26 bits per heavy atom. The smallest absolute Gasteiger partial charge is 0.435 e. The van der Waals surface area contributed by atoms with E-state index in [-0.39, 0.29) is 6.61 Å². The van der Waals surface area contributed by atoms with E-state index in [4.69, 9.17) is 15.0 Å². The van der Waals surface area contributed by atoms with E-state index in [0.717, 1.165) is 0 Å². The fourth-order valence-corrected chi connectivity index (χ4v) is 5.48. The Hall–Kier alpha value is -3.44. The topological polar surface area (TPSA) is 160 Å². The second-order valence-electron chi connectivity index (χ2n) is 8.07. The highest BCUT2D eigenvalue weighted by Gasteiger charge is 2.64. The summed E-state index contributed by atoms with van der Waals surface area (Å²) in [5.74, 6) is -1.83. The van der Waals surface area contributed by atoms with E-state index in [0.29, 0.717) is 5.56 Å². The zero-order valence-corrected chi connectivity index (χ0v) is 19.9. The van der Waals surface area contributed by atoms with Gasteiger partial charge in [-0.2, -0.15) is 0 Å². The summed E-state index contributed by atoms with van der Waals surface area (Å²) in [6.45, 7) is 6.63. The first-order valence-corrected chi connectivity index (χ1v) is 11.4. The maximum atomic E-state index is 12.9. The van der Waals surface area contributed by atoms with Crippen LogP contribution in [0.2, 0.25) is 0 Å². The van der Waals surface area contributed by atoms with Crippen LogP contribution in [0.4, 0.5) is 4.79 Å².